The molecule has 0 aliphatic carbocycles. The van der Waals surface area contributed by atoms with E-state index in [0.717, 1.165) is 25.8 Å². The number of rotatable bonds is 5. The van der Waals surface area contributed by atoms with Crippen LogP contribution in [-0.2, 0) is 9.59 Å². The van der Waals surface area contributed by atoms with Gasteiger partial charge in [0.2, 0.25) is 11.8 Å². The summed E-state index contributed by atoms with van der Waals surface area (Å²) in [5, 5.41) is 0. The molecule has 0 radical (unpaired) electrons. The maximum Gasteiger partial charge on any atom is 0.228 e. The van der Waals surface area contributed by atoms with Gasteiger partial charge in [0.05, 0.1) is 5.92 Å². The van der Waals surface area contributed by atoms with Crippen molar-refractivity contribution in [1.29, 1.82) is 0 Å². The molecule has 1 saturated heterocycles. The highest BCUT2D eigenvalue weighted by Crippen LogP contribution is 2.27. The van der Waals surface area contributed by atoms with E-state index in [-0.39, 0.29) is 23.8 Å². The van der Waals surface area contributed by atoms with Crippen molar-refractivity contribution in [1.82, 2.24) is 9.80 Å². The van der Waals surface area contributed by atoms with Crippen LogP contribution in [0.4, 0.5) is 0 Å². The van der Waals surface area contributed by atoms with Crippen molar-refractivity contribution in [3.05, 3.63) is 42.0 Å². The number of carbonyl (C=O) groups is 2. The Bertz CT molecular complexity index is 649. The number of carbonyl (C=O) groups excluding carboxylic acids is 2. The molecule has 2 heterocycles. The molecule has 1 aromatic carbocycles. The molecule has 2 aliphatic heterocycles. The number of hydrogen-bond acceptors (Lipinski definition) is 2. The highest BCUT2D eigenvalue weighted by Gasteiger charge is 2.38. The van der Waals surface area contributed by atoms with Crippen LogP contribution < -0.4 is 0 Å². The number of benzene rings is 1. The summed E-state index contributed by atoms with van der Waals surface area (Å²) < 4.78 is 0. The van der Waals surface area contributed by atoms with Crippen LogP contribution in [-0.4, -0.2) is 47.3 Å². The molecule has 4 nitrogen and oxygen atoms in total. The molecule has 0 bridgehead atoms. The SMILES string of the molecule is CCC(CC)N1CC(C(=O)N2CC=C(c3ccccc3)CC2)CC1=O. The van der Waals surface area contributed by atoms with Crippen LogP contribution in [0.3, 0.4) is 0 Å². The molecule has 0 saturated carbocycles. The molecule has 1 fully saturated rings. The summed E-state index contributed by atoms with van der Waals surface area (Å²) in [5.74, 6) is 0.120. The normalized spacial score (nSPS) is 21.0. The van der Waals surface area contributed by atoms with Gasteiger partial charge in [-0.05, 0) is 30.4 Å². The van der Waals surface area contributed by atoms with E-state index in [1.54, 1.807) is 0 Å². The summed E-state index contributed by atoms with van der Waals surface area (Å²) in [6.07, 6.45) is 5.33. The van der Waals surface area contributed by atoms with Gasteiger partial charge >= 0.3 is 0 Å². The maximum atomic E-state index is 12.9. The van der Waals surface area contributed by atoms with Gasteiger partial charge in [0.25, 0.3) is 0 Å². The fourth-order valence-corrected chi connectivity index (χ4v) is 4.02. The van der Waals surface area contributed by atoms with E-state index >= 15 is 0 Å². The van der Waals surface area contributed by atoms with Gasteiger partial charge in [-0.3, -0.25) is 9.59 Å². The van der Waals surface area contributed by atoms with Gasteiger partial charge in [-0.25, -0.2) is 0 Å². The van der Waals surface area contributed by atoms with Crippen LogP contribution in [0, 0.1) is 5.92 Å². The average molecular weight is 340 g/mol. The van der Waals surface area contributed by atoms with Crippen molar-refractivity contribution in [3.8, 4) is 0 Å². The predicted molar refractivity (Wildman–Crippen MR) is 99.8 cm³/mol. The topological polar surface area (TPSA) is 40.6 Å². The van der Waals surface area contributed by atoms with Gasteiger partial charge in [0.1, 0.15) is 0 Å². The van der Waals surface area contributed by atoms with Gasteiger partial charge in [0, 0.05) is 32.1 Å². The molecule has 2 aliphatic rings. The molecule has 1 aromatic rings. The first-order valence-electron chi connectivity index (χ1n) is 9.46. The number of amides is 2. The Labute approximate surface area is 150 Å². The van der Waals surface area contributed by atoms with E-state index < -0.39 is 0 Å². The minimum Gasteiger partial charge on any atom is -0.339 e. The standard InChI is InChI=1S/C21H28N2O2/c1-3-19(4-2)23-15-18(14-20(23)24)21(25)22-12-10-17(11-13-22)16-8-6-5-7-9-16/h5-10,18-19H,3-4,11-15H2,1-2H3. The summed E-state index contributed by atoms with van der Waals surface area (Å²) in [5.41, 5.74) is 2.55. The summed E-state index contributed by atoms with van der Waals surface area (Å²) in [6.45, 7) is 6.21. The lowest BCUT2D eigenvalue weighted by Gasteiger charge is -2.30. The van der Waals surface area contributed by atoms with Gasteiger partial charge in [-0.15, -0.1) is 0 Å². The van der Waals surface area contributed by atoms with Crippen LogP contribution in [0.25, 0.3) is 5.57 Å². The second-order valence-corrected chi connectivity index (χ2v) is 7.05. The Hall–Kier alpha value is -2.10. The van der Waals surface area contributed by atoms with Crippen molar-refractivity contribution in [3.63, 3.8) is 0 Å². The quantitative estimate of drug-likeness (QED) is 0.825. The smallest absolute Gasteiger partial charge is 0.228 e. The second kappa shape index (κ2) is 7.85. The lowest BCUT2D eigenvalue weighted by molar-refractivity contribution is -0.135. The lowest BCUT2D eigenvalue weighted by Crippen LogP contribution is -2.41. The summed E-state index contributed by atoms with van der Waals surface area (Å²) in [7, 11) is 0. The van der Waals surface area contributed by atoms with E-state index in [4.69, 9.17) is 0 Å². The number of nitrogens with zero attached hydrogens (tertiary/aromatic N) is 2. The van der Waals surface area contributed by atoms with Gasteiger partial charge in [-0.1, -0.05) is 50.3 Å². The first kappa shape index (κ1) is 17.7. The Morgan fingerprint density at radius 3 is 2.52 bits per heavy atom. The zero-order chi connectivity index (χ0) is 17.8. The molecular weight excluding hydrogens is 312 g/mol. The van der Waals surface area contributed by atoms with E-state index in [1.165, 1.54) is 11.1 Å². The van der Waals surface area contributed by atoms with Crippen LogP contribution in [0.1, 0.15) is 45.1 Å². The van der Waals surface area contributed by atoms with Crippen molar-refractivity contribution in [2.75, 3.05) is 19.6 Å². The molecule has 2 amide bonds. The summed E-state index contributed by atoms with van der Waals surface area (Å²) in [4.78, 5) is 29.0. The molecule has 0 spiro atoms. The van der Waals surface area contributed by atoms with E-state index in [2.05, 4.69) is 32.1 Å². The first-order valence-corrected chi connectivity index (χ1v) is 9.46. The molecule has 0 N–H and O–H groups in total. The Balaban J connectivity index is 1.62. The van der Waals surface area contributed by atoms with Gasteiger partial charge in [-0.2, -0.15) is 0 Å². The van der Waals surface area contributed by atoms with Crippen LogP contribution in [0.2, 0.25) is 0 Å². The minimum atomic E-state index is -0.167. The third-order valence-electron chi connectivity index (χ3n) is 5.56. The summed E-state index contributed by atoms with van der Waals surface area (Å²) in [6, 6.07) is 10.6. The lowest BCUT2D eigenvalue weighted by atomic mass is 9.98. The number of hydrogen-bond donors (Lipinski definition) is 0. The Morgan fingerprint density at radius 2 is 1.92 bits per heavy atom. The molecule has 4 heteroatoms. The van der Waals surface area contributed by atoms with E-state index in [0.29, 0.717) is 19.5 Å². The monoisotopic (exact) mass is 340 g/mol. The summed E-state index contributed by atoms with van der Waals surface area (Å²) >= 11 is 0. The van der Waals surface area contributed by atoms with E-state index in [1.807, 2.05) is 28.0 Å². The second-order valence-electron chi connectivity index (χ2n) is 7.05. The van der Waals surface area contributed by atoms with Crippen molar-refractivity contribution in [2.24, 2.45) is 5.92 Å². The van der Waals surface area contributed by atoms with Gasteiger partial charge in [0.15, 0.2) is 0 Å². The molecule has 134 valence electrons. The van der Waals surface area contributed by atoms with Crippen molar-refractivity contribution >= 4 is 17.4 Å². The van der Waals surface area contributed by atoms with Crippen LogP contribution in [0.15, 0.2) is 36.4 Å². The van der Waals surface area contributed by atoms with Gasteiger partial charge < -0.3 is 9.80 Å². The molecule has 25 heavy (non-hydrogen) atoms. The Kier molecular flexibility index (Phi) is 5.57. The van der Waals surface area contributed by atoms with E-state index in [9.17, 15) is 9.59 Å². The average Bonchev–Trinajstić information content (AvgIpc) is 3.05. The highest BCUT2D eigenvalue weighted by atomic mass is 16.2. The zero-order valence-electron chi connectivity index (χ0n) is 15.3. The third kappa shape index (κ3) is 3.78. The third-order valence-corrected chi connectivity index (χ3v) is 5.56. The minimum absolute atomic E-state index is 0.143. The van der Waals surface area contributed by atoms with Crippen LogP contribution >= 0.6 is 0 Å². The fourth-order valence-electron chi connectivity index (χ4n) is 4.02. The molecule has 1 atom stereocenters. The fraction of sp³-hybridized carbons (Fsp3) is 0.524. The van der Waals surface area contributed by atoms with Crippen molar-refractivity contribution in [2.45, 2.75) is 45.6 Å². The van der Waals surface area contributed by atoms with Crippen LogP contribution in [0.5, 0.6) is 0 Å². The highest BCUT2D eigenvalue weighted by molar-refractivity contribution is 5.90. The Morgan fingerprint density at radius 1 is 1.20 bits per heavy atom. The maximum absolute atomic E-state index is 12.9. The molecule has 0 aromatic heterocycles. The van der Waals surface area contributed by atoms with Crippen molar-refractivity contribution < 1.29 is 9.59 Å². The molecular formula is C21H28N2O2. The molecule has 1 unspecified atom stereocenters. The largest absolute Gasteiger partial charge is 0.339 e. The first-order chi connectivity index (χ1) is 12.1. The number of likely N-dealkylation sites (tertiary alicyclic amines) is 1. The molecule has 3 rings (SSSR count). The predicted octanol–water partition coefficient (Wildman–Crippen LogP) is 3.34. The zero-order valence-corrected chi connectivity index (χ0v) is 15.3.